The van der Waals surface area contributed by atoms with Crippen molar-refractivity contribution in [3.8, 4) is 0 Å². The molecule has 4 heteroatoms. The summed E-state index contributed by atoms with van der Waals surface area (Å²) in [6.07, 6.45) is 1.59. The molecule has 2 aromatic carbocycles. The van der Waals surface area contributed by atoms with Crippen molar-refractivity contribution < 1.29 is 4.57 Å². The lowest BCUT2D eigenvalue weighted by Gasteiger charge is -2.17. The number of benzene rings is 2. The van der Waals surface area contributed by atoms with Crippen molar-refractivity contribution in [1.29, 1.82) is 0 Å². The average Bonchev–Trinajstić information content (AvgIpc) is 2.56. The Morgan fingerprint density at radius 3 is 1.70 bits per heavy atom. The summed E-state index contributed by atoms with van der Waals surface area (Å²) >= 11 is 0. The third-order valence-corrected chi connectivity index (χ3v) is 6.05. The SMILES string of the molecule is O=P(c1ccccc1)(c1ccccc1)c1cccnn1. The molecule has 98 valence electrons. The molecule has 1 heterocycles. The predicted molar refractivity (Wildman–Crippen MR) is 81.4 cm³/mol. The summed E-state index contributed by atoms with van der Waals surface area (Å²) in [7, 11) is -2.95. The molecule has 0 radical (unpaired) electrons. The zero-order chi connectivity index (χ0) is 13.8. The van der Waals surface area contributed by atoms with Crippen molar-refractivity contribution in [3.05, 3.63) is 79.0 Å². The molecule has 3 aromatic rings. The fourth-order valence-corrected chi connectivity index (χ4v) is 4.64. The van der Waals surface area contributed by atoms with E-state index < -0.39 is 7.14 Å². The standard InChI is InChI=1S/C16H13N2OP/c19-20(14-8-3-1-4-9-14,15-10-5-2-6-11-15)16-12-7-13-17-18-16/h1-13H. The summed E-state index contributed by atoms with van der Waals surface area (Å²) in [5.74, 6) is 0. The molecule has 0 bridgehead atoms. The summed E-state index contributed by atoms with van der Waals surface area (Å²) in [5, 5.41) is 9.51. The van der Waals surface area contributed by atoms with E-state index in [2.05, 4.69) is 10.2 Å². The van der Waals surface area contributed by atoms with Gasteiger partial charge in [-0.3, -0.25) is 0 Å². The van der Waals surface area contributed by atoms with Gasteiger partial charge in [-0.25, -0.2) is 0 Å². The minimum atomic E-state index is -2.95. The van der Waals surface area contributed by atoms with E-state index in [9.17, 15) is 4.57 Å². The van der Waals surface area contributed by atoms with Crippen LogP contribution < -0.4 is 16.0 Å². The van der Waals surface area contributed by atoms with Gasteiger partial charge in [0.25, 0.3) is 0 Å². The lowest BCUT2D eigenvalue weighted by atomic mass is 10.4. The van der Waals surface area contributed by atoms with Crippen LogP contribution in [0.25, 0.3) is 0 Å². The largest absolute Gasteiger partial charge is 0.307 e. The van der Waals surface area contributed by atoms with Crippen molar-refractivity contribution >= 4 is 23.2 Å². The molecule has 0 aliphatic carbocycles. The first-order chi connectivity index (χ1) is 9.82. The van der Waals surface area contributed by atoms with Gasteiger partial charge < -0.3 is 4.57 Å². The predicted octanol–water partition coefficient (Wildman–Crippen LogP) is 2.12. The number of nitrogens with zero attached hydrogens (tertiary/aromatic N) is 2. The zero-order valence-electron chi connectivity index (χ0n) is 10.8. The van der Waals surface area contributed by atoms with Gasteiger partial charge in [0.05, 0.1) is 0 Å². The Hall–Kier alpha value is -2.25. The zero-order valence-corrected chi connectivity index (χ0v) is 11.6. The van der Waals surface area contributed by atoms with Crippen LogP contribution in [-0.2, 0) is 4.57 Å². The van der Waals surface area contributed by atoms with Crippen molar-refractivity contribution in [3.63, 3.8) is 0 Å². The highest BCUT2D eigenvalue weighted by Crippen LogP contribution is 2.40. The first-order valence-corrected chi connectivity index (χ1v) is 8.02. The maximum Gasteiger partial charge on any atom is 0.190 e. The maximum atomic E-state index is 13.7. The number of aromatic nitrogens is 2. The molecule has 0 saturated carbocycles. The van der Waals surface area contributed by atoms with E-state index in [-0.39, 0.29) is 0 Å². The van der Waals surface area contributed by atoms with Gasteiger partial charge in [0.2, 0.25) is 0 Å². The fraction of sp³-hybridized carbons (Fsp3) is 0. The molecule has 20 heavy (non-hydrogen) atoms. The van der Waals surface area contributed by atoms with E-state index in [0.29, 0.717) is 5.44 Å². The van der Waals surface area contributed by atoms with Gasteiger partial charge >= 0.3 is 0 Å². The molecule has 0 N–H and O–H groups in total. The Balaban J connectivity index is 2.27. The van der Waals surface area contributed by atoms with E-state index in [1.165, 1.54) is 0 Å². The maximum absolute atomic E-state index is 13.7. The first kappa shape index (κ1) is 12.8. The molecule has 0 atom stereocenters. The molecule has 3 rings (SSSR count). The molecule has 0 spiro atoms. The van der Waals surface area contributed by atoms with Crippen LogP contribution >= 0.6 is 7.14 Å². The molecule has 0 amide bonds. The minimum Gasteiger partial charge on any atom is -0.307 e. The Bertz CT molecular complexity index is 627. The second-order valence-electron chi connectivity index (χ2n) is 4.36. The van der Waals surface area contributed by atoms with Crippen molar-refractivity contribution in [2.45, 2.75) is 0 Å². The minimum absolute atomic E-state index is 0.511. The molecule has 1 aromatic heterocycles. The highest BCUT2D eigenvalue weighted by Gasteiger charge is 2.31. The number of hydrogen-bond acceptors (Lipinski definition) is 3. The van der Waals surface area contributed by atoms with Gasteiger partial charge in [0.1, 0.15) is 5.44 Å². The number of rotatable bonds is 3. The van der Waals surface area contributed by atoms with Crippen LogP contribution in [0.2, 0.25) is 0 Å². The Kier molecular flexibility index (Phi) is 3.44. The Labute approximate surface area is 117 Å². The van der Waals surface area contributed by atoms with Crippen LogP contribution in [0, 0.1) is 0 Å². The summed E-state index contributed by atoms with van der Waals surface area (Å²) in [6, 6.07) is 22.4. The van der Waals surface area contributed by atoms with Crippen LogP contribution in [0.1, 0.15) is 0 Å². The van der Waals surface area contributed by atoms with Crippen LogP contribution in [0.15, 0.2) is 79.0 Å². The van der Waals surface area contributed by atoms with E-state index in [1.807, 2.05) is 60.7 Å². The Morgan fingerprint density at radius 2 is 1.25 bits per heavy atom. The van der Waals surface area contributed by atoms with Gasteiger partial charge in [0, 0.05) is 16.8 Å². The van der Waals surface area contributed by atoms with Crippen LogP contribution in [0.4, 0.5) is 0 Å². The first-order valence-electron chi connectivity index (χ1n) is 6.31. The van der Waals surface area contributed by atoms with Crippen molar-refractivity contribution in [2.75, 3.05) is 0 Å². The summed E-state index contributed by atoms with van der Waals surface area (Å²) in [6.45, 7) is 0. The third kappa shape index (κ3) is 2.17. The molecule has 0 aliphatic heterocycles. The highest BCUT2D eigenvalue weighted by atomic mass is 31.2. The van der Waals surface area contributed by atoms with E-state index in [4.69, 9.17) is 0 Å². The average molecular weight is 280 g/mol. The highest BCUT2D eigenvalue weighted by molar-refractivity contribution is 7.85. The quantitative estimate of drug-likeness (QED) is 0.690. The van der Waals surface area contributed by atoms with E-state index in [0.717, 1.165) is 10.6 Å². The van der Waals surface area contributed by atoms with Crippen molar-refractivity contribution in [2.24, 2.45) is 0 Å². The van der Waals surface area contributed by atoms with E-state index >= 15 is 0 Å². The molecule has 0 fully saturated rings. The van der Waals surface area contributed by atoms with E-state index in [1.54, 1.807) is 18.3 Å². The fourth-order valence-electron chi connectivity index (χ4n) is 2.15. The molecule has 3 nitrogen and oxygen atoms in total. The van der Waals surface area contributed by atoms with Crippen molar-refractivity contribution in [1.82, 2.24) is 10.2 Å². The van der Waals surface area contributed by atoms with Gasteiger partial charge in [-0.05, 0) is 12.1 Å². The Morgan fingerprint density at radius 1 is 0.700 bits per heavy atom. The van der Waals surface area contributed by atoms with Crippen LogP contribution in [0.5, 0.6) is 0 Å². The lowest BCUT2D eigenvalue weighted by molar-refractivity contribution is 0.591. The summed E-state index contributed by atoms with van der Waals surface area (Å²) < 4.78 is 13.7. The van der Waals surface area contributed by atoms with Gasteiger partial charge in [-0.15, -0.1) is 5.10 Å². The smallest absolute Gasteiger partial charge is 0.190 e. The molecule has 0 saturated heterocycles. The second kappa shape index (κ2) is 5.40. The normalized spacial score (nSPS) is 11.2. The van der Waals surface area contributed by atoms with Gasteiger partial charge in [0.15, 0.2) is 7.14 Å². The second-order valence-corrected chi connectivity index (χ2v) is 7.07. The molecule has 0 aliphatic rings. The van der Waals surface area contributed by atoms with Gasteiger partial charge in [-0.2, -0.15) is 5.10 Å². The topological polar surface area (TPSA) is 42.9 Å². The summed E-state index contributed by atoms with van der Waals surface area (Å²) in [4.78, 5) is 0. The van der Waals surface area contributed by atoms with Gasteiger partial charge in [-0.1, -0.05) is 60.7 Å². The molecule has 0 unspecified atom stereocenters. The third-order valence-electron chi connectivity index (χ3n) is 3.12. The van der Waals surface area contributed by atoms with Crippen LogP contribution in [-0.4, -0.2) is 10.2 Å². The lowest BCUT2D eigenvalue weighted by Crippen LogP contribution is -2.27. The molecular formula is C16H13N2OP. The van der Waals surface area contributed by atoms with Crippen LogP contribution in [0.3, 0.4) is 0 Å². The number of hydrogen-bond donors (Lipinski definition) is 0. The summed E-state index contributed by atoms with van der Waals surface area (Å²) in [5.41, 5.74) is 0.511. The molecular weight excluding hydrogens is 267 g/mol. The monoisotopic (exact) mass is 280 g/mol.